The van der Waals surface area contributed by atoms with Crippen molar-refractivity contribution >= 4 is 11.8 Å². The standard InChI is InChI=1S/C11H15NOS/c13-11(9-3-6-14-7-4-9)10-2-1-5-12-8-10/h1-2,5,8-9,11,13H,3-4,6-7H2/t11-/m0/s1. The minimum Gasteiger partial charge on any atom is -0.388 e. The summed E-state index contributed by atoms with van der Waals surface area (Å²) in [4.78, 5) is 4.04. The van der Waals surface area contributed by atoms with Gasteiger partial charge in [-0.25, -0.2) is 0 Å². The van der Waals surface area contributed by atoms with Crippen molar-refractivity contribution in [1.29, 1.82) is 0 Å². The number of thioether (sulfide) groups is 1. The molecule has 0 radical (unpaired) electrons. The van der Waals surface area contributed by atoms with E-state index in [4.69, 9.17) is 0 Å². The molecule has 3 heteroatoms. The average molecular weight is 209 g/mol. The molecule has 0 spiro atoms. The Labute approximate surface area is 88.8 Å². The molecule has 1 aromatic rings. The van der Waals surface area contributed by atoms with Crippen LogP contribution in [0, 0.1) is 5.92 Å². The molecule has 0 amide bonds. The maximum absolute atomic E-state index is 10.1. The Kier molecular flexibility index (Phi) is 3.43. The quantitative estimate of drug-likeness (QED) is 0.811. The van der Waals surface area contributed by atoms with Crippen LogP contribution in [0.4, 0.5) is 0 Å². The second-order valence-electron chi connectivity index (χ2n) is 3.68. The van der Waals surface area contributed by atoms with E-state index in [2.05, 4.69) is 4.98 Å². The van der Waals surface area contributed by atoms with Crippen molar-refractivity contribution in [3.63, 3.8) is 0 Å². The summed E-state index contributed by atoms with van der Waals surface area (Å²) in [7, 11) is 0. The first-order valence-electron chi connectivity index (χ1n) is 5.03. The fraction of sp³-hybridized carbons (Fsp3) is 0.545. The molecule has 1 aliphatic heterocycles. The highest BCUT2D eigenvalue weighted by Crippen LogP contribution is 2.32. The molecule has 1 fully saturated rings. The maximum Gasteiger partial charge on any atom is 0.0833 e. The van der Waals surface area contributed by atoms with E-state index in [1.54, 1.807) is 12.4 Å². The molecule has 2 heterocycles. The van der Waals surface area contributed by atoms with Crippen LogP contribution in [0.1, 0.15) is 24.5 Å². The number of aliphatic hydroxyl groups is 1. The first-order valence-corrected chi connectivity index (χ1v) is 6.19. The van der Waals surface area contributed by atoms with Crippen LogP contribution in [0.15, 0.2) is 24.5 Å². The van der Waals surface area contributed by atoms with Crippen molar-refractivity contribution < 1.29 is 5.11 Å². The van der Waals surface area contributed by atoms with Crippen LogP contribution in [0.5, 0.6) is 0 Å². The number of pyridine rings is 1. The Bertz CT molecular complexity index is 272. The minimum absolute atomic E-state index is 0.315. The van der Waals surface area contributed by atoms with Gasteiger partial charge in [-0.2, -0.15) is 11.8 Å². The van der Waals surface area contributed by atoms with Gasteiger partial charge >= 0.3 is 0 Å². The molecular formula is C11H15NOS. The van der Waals surface area contributed by atoms with E-state index in [0.29, 0.717) is 5.92 Å². The molecule has 0 aromatic carbocycles. The van der Waals surface area contributed by atoms with Crippen molar-refractivity contribution in [1.82, 2.24) is 4.98 Å². The van der Waals surface area contributed by atoms with Crippen LogP contribution < -0.4 is 0 Å². The summed E-state index contributed by atoms with van der Waals surface area (Å²) in [6.45, 7) is 0. The number of rotatable bonds is 2. The van der Waals surface area contributed by atoms with Gasteiger partial charge in [0.25, 0.3) is 0 Å². The lowest BCUT2D eigenvalue weighted by Gasteiger charge is -2.26. The fourth-order valence-electron chi connectivity index (χ4n) is 1.85. The Balaban J connectivity index is 2.03. The molecule has 0 aliphatic carbocycles. The third kappa shape index (κ3) is 2.28. The number of aliphatic hydroxyl groups excluding tert-OH is 1. The predicted octanol–water partition coefficient (Wildman–Crippen LogP) is 2.26. The summed E-state index contributed by atoms with van der Waals surface area (Å²) in [6, 6.07) is 3.84. The zero-order valence-electron chi connectivity index (χ0n) is 8.10. The zero-order valence-corrected chi connectivity index (χ0v) is 8.91. The van der Waals surface area contributed by atoms with Crippen LogP contribution in [-0.2, 0) is 0 Å². The Morgan fingerprint density at radius 1 is 1.43 bits per heavy atom. The van der Waals surface area contributed by atoms with Gasteiger partial charge in [0, 0.05) is 12.4 Å². The second kappa shape index (κ2) is 4.80. The highest BCUT2D eigenvalue weighted by Gasteiger charge is 2.22. The summed E-state index contributed by atoms with van der Waals surface area (Å²) >= 11 is 1.98. The highest BCUT2D eigenvalue weighted by molar-refractivity contribution is 7.99. The van der Waals surface area contributed by atoms with Gasteiger partial charge in [0.1, 0.15) is 0 Å². The number of aromatic nitrogens is 1. The van der Waals surface area contributed by atoms with Crippen LogP contribution in [0.3, 0.4) is 0 Å². The molecule has 14 heavy (non-hydrogen) atoms. The monoisotopic (exact) mass is 209 g/mol. The molecule has 76 valence electrons. The minimum atomic E-state index is -0.315. The molecule has 0 bridgehead atoms. The van der Waals surface area contributed by atoms with Gasteiger partial charge in [-0.3, -0.25) is 4.98 Å². The van der Waals surface area contributed by atoms with E-state index in [0.717, 1.165) is 18.4 Å². The molecule has 1 N–H and O–H groups in total. The summed E-state index contributed by atoms with van der Waals surface area (Å²) in [6.07, 6.45) is 5.45. The van der Waals surface area contributed by atoms with E-state index in [1.165, 1.54) is 11.5 Å². The molecule has 0 unspecified atom stereocenters. The van der Waals surface area contributed by atoms with E-state index in [-0.39, 0.29) is 6.10 Å². The van der Waals surface area contributed by atoms with Gasteiger partial charge in [0.2, 0.25) is 0 Å². The van der Waals surface area contributed by atoms with Gasteiger partial charge < -0.3 is 5.11 Å². The zero-order chi connectivity index (χ0) is 9.80. The third-order valence-corrected chi connectivity index (χ3v) is 3.79. The van der Waals surface area contributed by atoms with E-state index in [1.807, 2.05) is 23.9 Å². The number of nitrogens with zero attached hydrogens (tertiary/aromatic N) is 1. The lowest BCUT2D eigenvalue weighted by molar-refractivity contribution is 0.103. The lowest BCUT2D eigenvalue weighted by Crippen LogP contribution is -2.18. The maximum atomic E-state index is 10.1. The van der Waals surface area contributed by atoms with Crippen molar-refractivity contribution in [2.45, 2.75) is 18.9 Å². The van der Waals surface area contributed by atoms with E-state index < -0.39 is 0 Å². The Morgan fingerprint density at radius 2 is 2.21 bits per heavy atom. The first kappa shape index (κ1) is 9.99. The van der Waals surface area contributed by atoms with Gasteiger partial charge in [0.15, 0.2) is 0 Å². The molecule has 1 atom stereocenters. The highest BCUT2D eigenvalue weighted by atomic mass is 32.2. The van der Waals surface area contributed by atoms with Crippen LogP contribution in [0.25, 0.3) is 0 Å². The van der Waals surface area contributed by atoms with Crippen molar-refractivity contribution in [2.24, 2.45) is 5.92 Å². The molecule has 0 saturated carbocycles. The normalized spacial score (nSPS) is 20.6. The van der Waals surface area contributed by atoms with Gasteiger partial charge in [-0.1, -0.05) is 6.07 Å². The fourth-order valence-corrected chi connectivity index (χ4v) is 3.00. The summed E-state index contributed by atoms with van der Waals surface area (Å²) in [5.74, 6) is 2.80. The second-order valence-corrected chi connectivity index (χ2v) is 4.91. The molecular weight excluding hydrogens is 194 g/mol. The van der Waals surface area contributed by atoms with E-state index >= 15 is 0 Å². The van der Waals surface area contributed by atoms with Crippen LogP contribution in [0.2, 0.25) is 0 Å². The summed E-state index contributed by atoms with van der Waals surface area (Å²) < 4.78 is 0. The van der Waals surface area contributed by atoms with Crippen molar-refractivity contribution in [2.75, 3.05) is 11.5 Å². The van der Waals surface area contributed by atoms with Gasteiger partial charge in [-0.05, 0) is 41.9 Å². The predicted molar refractivity (Wildman–Crippen MR) is 59.2 cm³/mol. The smallest absolute Gasteiger partial charge is 0.0833 e. The first-order chi connectivity index (χ1) is 6.88. The third-order valence-electron chi connectivity index (χ3n) is 2.74. The van der Waals surface area contributed by atoms with Crippen LogP contribution >= 0.6 is 11.8 Å². The topological polar surface area (TPSA) is 33.1 Å². The lowest BCUT2D eigenvalue weighted by atomic mass is 9.92. The molecule has 2 nitrogen and oxygen atoms in total. The molecule has 1 aromatic heterocycles. The van der Waals surface area contributed by atoms with Gasteiger partial charge in [-0.15, -0.1) is 0 Å². The van der Waals surface area contributed by atoms with Crippen molar-refractivity contribution in [3.8, 4) is 0 Å². The molecule has 1 aliphatic rings. The SMILES string of the molecule is O[C@H](c1cccnc1)C1CCSCC1. The number of hydrogen-bond donors (Lipinski definition) is 1. The Morgan fingerprint density at radius 3 is 2.86 bits per heavy atom. The van der Waals surface area contributed by atoms with E-state index in [9.17, 15) is 5.11 Å². The largest absolute Gasteiger partial charge is 0.388 e. The van der Waals surface area contributed by atoms with Gasteiger partial charge in [0.05, 0.1) is 6.10 Å². The van der Waals surface area contributed by atoms with Crippen molar-refractivity contribution in [3.05, 3.63) is 30.1 Å². The summed E-state index contributed by atoms with van der Waals surface area (Å²) in [5.41, 5.74) is 0.962. The number of hydrogen-bond acceptors (Lipinski definition) is 3. The molecule has 1 saturated heterocycles. The van der Waals surface area contributed by atoms with Crippen LogP contribution in [-0.4, -0.2) is 21.6 Å². The summed E-state index contributed by atoms with van der Waals surface area (Å²) in [5, 5.41) is 10.1. The Hall–Kier alpha value is -0.540. The average Bonchev–Trinajstić information content (AvgIpc) is 2.30. The molecule has 2 rings (SSSR count).